The zero-order valence-electron chi connectivity index (χ0n) is 12.6. The minimum atomic E-state index is -0.201. The van der Waals surface area contributed by atoms with Gasteiger partial charge < -0.3 is 14.6 Å². The molecule has 1 aliphatic rings. The van der Waals surface area contributed by atoms with Crippen molar-refractivity contribution in [1.29, 1.82) is 0 Å². The summed E-state index contributed by atoms with van der Waals surface area (Å²) in [5, 5.41) is 0.494. The van der Waals surface area contributed by atoms with Crippen LogP contribution in [0.15, 0.2) is 23.0 Å². The van der Waals surface area contributed by atoms with Crippen molar-refractivity contribution in [3.63, 3.8) is 0 Å². The van der Waals surface area contributed by atoms with Gasteiger partial charge >= 0.3 is 0 Å². The first-order valence-electron chi connectivity index (χ1n) is 7.53. The van der Waals surface area contributed by atoms with E-state index in [1.807, 2.05) is 4.90 Å². The van der Waals surface area contributed by atoms with E-state index in [9.17, 15) is 9.59 Å². The molecule has 6 heteroatoms. The van der Waals surface area contributed by atoms with Gasteiger partial charge in [0.25, 0.3) is 5.56 Å². The number of aromatic nitrogens is 2. The van der Waals surface area contributed by atoms with Crippen molar-refractivity contribution < 1.29 is 9.53 Å². The summed E-state index contributed by atoms with van der Waals surface area (Å²) in [6, 6.07) is 5.24. The van der Waals surface area contributed by atoms with Gasteiger partial charge in [0.1, 0.15) is 17.1 Å². The maximum absolute atomic E-state index is 12.1. The first-order valence-corrected chi connectivity index (χ1v) is 7.53. The third-order valence-electron chi connectivity index (χ3n) is 4.00. The Kier molecular flexibility index (Phi) is 4.09. The molecule has 22 heavy (non-hydrogen) atoms. The van der Waals surface area contributed by atoms with E-state index in [0.29, 0.717) is 35.3 Å². The molecule has 1 aromatic carbocycles. The zero-order valence-corrected chi connectivity index (χ0v) is 12.6. The molecule has 1 N–H and O–H groups in total. The number of carbonyl (C=O) groups is 1. The molecule has 1 amide bonds. The van der Waals surface area contributed by atoms with Crippen LogP contribution in [0.4, 0.5) is 0 Å². The number of aromatic amines is 1. The maximum atomic E-state index is 12.1. The van der Waals surface area contributed by atoms with E-state index in [1.54, 1.807) is 25.3 Å². The average molecular weight is 301 g/mol. The molecule has 2 heterocycles. The number of nitrogens with zero attached hydrogens (tertiary/aromatic N) is 2. The molecule has 0 unspecified atom stereocenters. The number of H-pyrrole nitrogens is 1. The van der Waals surface area contributed by atoms with Gasteiger partial charge in [-0.3, -0.25) is 9.59 Å². The van der Waals surface area contributed by atoms with E-state index in [-0.39, 0.29) is 11.5 Å². The molecule has 0 bridgehead atoms. The third kappa shape index (κ3) is 2.81. The Hall–Kier alpha value is -2.37. The predicted molar refractivity (Wildman–Crippen MR) is 83.1 cm³/mol. The molecule has 0 spiro atoms. The molecule has 6 nitrogen and oxygen atoms in total. The van der Waals surface area contributed by atoms with Crippen LogP contribution in [-0.4, -0.2) is 41.0 Å². The van der Waals surface area contributed by atoms with Crippen LogP contribution in [0.5, 0.6) is 5.75 Å². The lowest BCUT2D eigenvalue weighted by molar-refractivity contribution is -0.130. The Bertz CT molecular complexity index is 748. The minimum Gasteiger partial charge on any atom is -0.494 e. The number of methoxy groups -OCH3 is 1. The number of hydrogen-bond acceptors (Lipinski definition) is 4. The van der Waals surface area contributed by atoms with Gasteiger partial charge in [-0.25, -0.2) is 4.98 Å². The van der Waals surface area contributed by atoms with Crippen LogP contribution in [0.2, 0.25) is 0 Å². The lowest BCUT2D eigenvalue weighted by atomic mass is 10.2. The molecule has 2 aromatic rings. The summed E-state index contributed by atoms with van der Waals surface area (Å²) in [4.78, 5) is 33.3. The fourth-order valence-corrected chi connectivity index (χ4v) is 2.82. The van der Waals surface area contributed by atoms with Gasteiger partial charge in [-0.2, -0.15) is 0 Å². The number of nitrogens with one attached hydrogen (secondary N) is 1. The van der Waals surface area contributed by atoms with Gasteiger partial charge in [-0.05, 0) is 25.0 Å². The van der Waals surface area contributed by atoms with Gasteiger partial charge in [0.2, 0.25) is 5.91 Å². The van der Waals surface area contributed by atoms with Crippen LogP contribution in [0.3, 0.4) is 0 Å². The number of carbonyl (C=O) groups excluding carboxylic acids is 1. The average Bonchev–Trinajstić information content (AvgIpc) is 3.06. The van der Waals surface area contributed by atoms with E-state index in [0.717, 1.165) is 25.9 Å². The topological polar surface area (TPSA) is 75.3 Å². The van der Waals surface area contributed by atoms with Crippen molar-refractivity contribution in [2.24, 2.45) is 0 Å². The quantitative estimate of drug-likeness (QED) is 0.928. The standard InChI is InChI=1S/C16H19N3O3/c1-22-12-6-4-5-11-15(12)17-13(18-16(11)21)7-8-14(20)19-9-2-3-10-19/h4-6H,2-3,7-10H2,1H3,(H,17,18,21). The van der Waals surface area contributed by atoms with Gasteiger partial charge in [0.05, 0.1) is 12.5 Å². The van der Waals surface area contributed by atoms with Crippen LogP contribution in [0, 0.1) is 0 Å². The van der Waals surface area contributed by atoms with Crippen LogP contribution in [0.1, 0.15) is 25.1 Å². The van der Waals surface area contributed by atoms with Crippen molar-refractivity contribution in [2.45, 2.75) is 25.7 Å². The Balaban J connectivity index is 1.82. The smallest absolute Gasteiger partial charge is 0.258 e. The maximum Gasteiger partial charge on any atom is 0.258 e. The molecule has 1 aromatic heterocycles. The van der Waals surface area contributed by atoms with Crippen molar-refractivity contribution >= 4 is 16.8 Å². The van der Waals surface area contributed by atoms with Crippen molar-refractivity contribution in [2.75, 3.05) is 20.2 Å². The normalized spacial score (nSPS) is 14.5. The highest BCUT2D eigenvalue weighted by Gasteiger charge is 2.18. The Morgan fingerprint density at radius 2 is 2.14 bits per heavy atom. The largest absolute Gasteiger partial charge is 0.494 e. The number of hydrogen-bond donors (Lipinski definition) is 1. The summed E-state index contributed by atoms with van der Waals surface area (Å²) in [5.41, 5.74) is 0.338. The second-order valence-electron chi connectivity index (χ2n) is 5.46. The predicted octanol–water partition coefficient (Wildman–Crippen LogP) is 1.49. The Morgan fingerprint density at radius 1 is 1.36 bits per heavy atom. The lowest BCUT2D eigenvalue weighted by Gasteiger charge is -2.14. The second kappa shape index (κ2) is 6.17. The van der Waals surface area contributed by atoms with Gasteiger partial charge in [0.15, 0.2) is 0 Å². The summed E-state index contributed by atoms with van der Waals surface area (Å²) in [6.07, 6.45) is 2.95. The number of benzene rings is 1. The van der Waals surface area contributed by atoms with Gasteiger partial charge in [-0.15, -0.1) is 0 Å². The summed E-state index contributed by atoms with van der Waals surface area (Å²) in [5.74, 6) is 1.21. The van der Waals surface area contributed by atoms with Crippen molar-refractivity contribution in [3.8, 4) is 5.75 Å². The minimum absolute atomic E-state index is 0.125. The number of aryl methyl sites for hydroxylation is 1. The summed E-state index contributed by atoms with van der Waals surface area (Å²) < 4.78 is 5.25. The number of fused-ring (bicyclic) bond motifs is 1. The lowest BCUT2D eigenvalue weighted by Crippen LogP contribution is -2.28. The molecule has 116 valence electrons. The zero-order chi connectivity index (χ0) is 15.5. The van der Waals surface area contributed by atoms with Crippen LogP contribution in [-0.2, 0) is 11.2 Å². The monoisotopic (exact) mass is 301 g/mol. The van der Waals surface area contributed by atoms with Gasteiger partial charge in [-0.1, -0.05) is 6.07 Å². The highest BCUT2D eigenvalue weighted by molar-refractivity contribution is 5.83. The summed E-state index contributed by atoms with van der Waals surface area (Å²) in [7, 11) is 1.55. The van der Waals surface area contributed by atoms with Crippen LogP contribution >= 0.6 is 0 Å². The van der Waals surface area contributed by atoms with Crippen LogP contribution in [0.25, 0.3) is 10.9 Å². The molecule has 1 aliphatic heterocycles. The first-order chi connectivity index (χ1) is 10.7. The third-order valence-corrected chi connectivity index (χ3v) is 4.00. The molecule has 0 saturated carbocycles. The highest BCUT2D eigenvalue weighted by atomic mass is 16.5. The van der Waals surface area contributed by atoms with E-state index in [1.165, 1.54) is 0 Å². The van der Waals surface area contributed by atoms with E-state index in [4.69, 9.17) is 4.74 Å². The number of likely N-dealkylation sites (tertiary alicyclic amines) is 1. The second-order valence-corrected chi connectivity index (χ2v) is 5.46. The number of para-hydroxylation sites is 1. The molecular formula is C16H19N3O3. The molecular weight excluding hydrogens is 282 g/mol. The molecule has 0 radical (unpaired) electrons. The molecule has 0 atom stereocenters. The molecule has 1 saturated heterocycles. The van der Waals surface area contributed by atoms with Crippen molar-refractivity contribution in [3.05, 3.63) is 34.4 Å². The number of rotatable bonds is 4. The molecule has 1 fully saturated rings. The van der Waals surface area contributed by atoms with Gasteiger partial charge in [0, 0.05) is 25.9 Å². The SMILES string of the molecule is COc1cccc2c(=O)[nH]c(CCC(=O)N3CCCC3)nc12. The van der Waals surface area contributed by atoms with Crippen molar-refractivity contribution in [1.82, 2.24) is 14.9 Å². The fraction of sp³-hybridized carbons (Fsp3) is 0.438. The van der Waals surface area contributed by atoms with Crippen LogP contribution < -0.4 is 10.3 Å². The van der Waals surface area contributed by atoms with E-state index >= 15 is 0 Å². The Labute approximate surface area is 128 Å². The van der Waals surface area contributed by atoms with E-state index < -0.39 is 0 Å². The van der Waals surface area contributed by atoms with E-state index in [2.05, 4.69) is 9.97 Å². The highest BCUT2D eigenvalue weighted by Crippen LogP contribution is 2.20. The molecule has 0 aliphatic carbocycles. The summed E-state index contributed by atoms with van der Waals surface area (Å²) >= 11 is 0. The number of amides is 1. The molecule has 3 rings (SSSR count). The number of ether oxygens (including phenoxy) is 1. The first kappa shape index (κ1) is 14.6. The fourth-order valence-electron chi connectivity index (χ4n) is 2.82. The summed E-state index contributed by atoms with van der Waals surface area (Å²) in [6.45, 7) is 1.68. The Morgan fingerprint density at radius 3 is 2.86 bits per heavy atom.